The Labute approximate surface area is 362 Å². The summed E-state index contributed by atoms with van der Waals surface area (Å²) < 4.78 is 7.06. The summed E-state index contributed by atoms with van der Waals surface area (Å²) in [5, 5.41) is 4.84. The molecule has 0 aliphatic carbocycles. The van der Waals surface area contributed by atoms with E-state index in [1.165, 1.54) is 32.7 Å². The second kappa shape index (κ2) is 14.0. The molecule has 6 aromatic heterocycles. The largest absolute Gasteiger partial charge is 0.309 e. The van der Waals surface area contributed by atoms with Crippen molar-refractivity contribution >= 4 is 65.7 Å². The van der Waals surface area contributed by atoms with Crippen LogP contribution in [0, 0.1) is 0 Å². The number of rotatable bonds is 6. The molecule has 7 aromatic carbocycles. The molecule has 0 amide bonds. The zero-order chi connectivity index (χ0) is 41.4. The molecule has 0 spiro atoms. The van der Waals surface area contributed by atoms with Crippen LogP contribution >= 0.6 is 0 Å². The third-order valence-electron chi connectivity index (χ3n) is 12.5. The van der Waals surface area contributed by atoms with Crippen LogP contribution in [0.1, 0.15) is 0 Å². The highest BCUT2D eigenvalue weighted by atomic mass is 15.0. The second-order valence-electron chi connectivity index (χ2n) is 16.1. The van der Waals surface area contributed by atoms with Crippen molar-refractivity contribution in [1.29, 1.82) is 0 Å². The lowest BCUT2D eigenvalue weighted by atomic mass is 10.0. The Bertz CT molecular complexity index is 3800. The first kappa shape index (κ1) is 35.2. The van der Waals surface area contributed by atoms with Crippen LogP contribution in [0.15, 0.2) is 219 Å². The number of nitrogens with zero attached hydrogens (tertiary/aromatic N) is 6. The number of fused-ring (bicyclic) bond motifs is 9. The van der Waals surface area contributed by atoms with Crippen LogP contribution in [0.3, 0.4) is 0 Å². The van der Waals surface area contributed by atoms with Gasteiger partial charge in [-0.2, -0.15) is 0 Å². The summed E-state index contributed by atoms with van der Waals surface area (Å²) in [6.07, 6.45) is 3.68. The number of hydrogen-bond acceptors (Lipinski definition) is 3. The van der Waals surface area contributed by atoms with Crippen molar-refractivity contribution in [3.63, 3.8) is 0 Å². The van der Waals surface area contributed by atoms with E-state index in [-0.39, 0.29) is 0 Å². The Kier molecular flexibility index (Phi) is 7.80. The number of para-hydroxylation sites is 2. The van der Waals surface area contributed by atoms with Crippen LogP contribution in [0.25, 0.3) is 116 Å². The normalized spacial score (nSPS) is 11.8. The summed E-state index contributed by atoms with van der Waals surface area (Å²) in [5.74, 6) is 0. The van der Waals surface area contributed by atoms with Gasteiger partial charge in [-0.25, -0.2) is 4.98 Å². The van der Waals surface area contributed by atoms with Crippen LogP contribution in [-0.4, -0.2) is 28.7 Å². The molecule has 6 nitrogen and oxygen atoms in total. The molecule has 6 heterocycles. The average Bonchev–Trinajstić information content (AvgIpc) is 4.00. The maximum Gasteiger partial charge on any atom is 0.115 e. The lowest BCUT2D eigenvalue weighted by molar-refractivity contribution is 1.13. The molecule has 294 valence electrons. The standard InChI is InChI=1S/C57H36N6/c1-3-14-37(15-4-1)48-35-43(36-49(60-48)38-16-5-2-6-17-38)63-51-23-10-8-21-45(51)47-33-40(27-29-53(47)63)39-26-28-52-46(32-39)44-20-7-9-22-50(44)61(52)41-18-11-19-42(34-41)62-54-24-12-30-58-56(54)57-55(62)25-13-31-59-57/h1-36H. The molecule has 0 radical (unpaired) electrons. The fourth-order valence-electron chi connectivity index (χ4n) is 9.72. The molecule has 63 heavy (non-hydrogen) atoms. The molecule has 13 rings (SSSR count). The van der Waals surface area contributed by atoms with Gasteiger partial charge < -0.3 is 13.7 Å². The number of aromatic nitrogens is 6. The molecule has 0 bridgehead atoms. The van der Waals surface area contributed by atoms with Crippen LogP contribution in [0.2, 0.25) is 0 Å². The van der Waals surface area contributed by atoms with Crippen LogP contribution in [-0.2, 0) is 0 Å². The van der Waals surface area contributed by atoms with E-state index in [1.54, 1.807) is 0 Å². The van der Waals surface area contributed by atoms with Gasteiger partial charge in [0, 0.05) is 56.4 Å². The molecule has 6 heteroatoms. The summed E-state index contributed by atoms with van der Waals surface area (Å²) in [6.45, 7) is 0. The van der Waals surface area contributed by atoms with Gasteiger partial charge in [0.1, 0.15) is 11.0 Å². The molecule has 0 saturated heterocycles. The first-order valence-electron chi connectivity index (χ1n) is 21.3. The Balaban J connectivity index is 0.959. The van der Waals surface area contributed by atoms with Gasteiger partial charge in [0.2, 0.25) is 0 Å². The molecule has 0 fully saturated rings. The monoisotopic (exact) mass is 804 g/mol. The zero-order valence-corrected chi connectivity index (χ0v) is 34.0. The fourth-order valence-corrected chi connectivity index (χ4v) is 9.72. The van der Waals surface area contributed by atoms with Gasteiger partial charge in [0.15, 0.2) is 0 Å². The van der Waals surface area contributed by atoms with Gasteiger partial charge in [-0.1, -0.05) is 115 Å². The van der Waals surface area contributed by atoms with E-state index in [0.29, 0.717) is 0 Å². The van der Waals surface area contributed by atoms with E-state index in [4.69, 9.17) is 15.0 Å². The quantitative estimate of drug-likeness (QED) is 0.168. The molecule has 0 unspecified atom stereocenters. The molecule has 13 aromatic rings. The Morgan fingerprint density at radius 3 is 1.22 bits per heavy atom. The van der Waals surface area contributed by atoms with E-state index < -0.39 is 0 Å². The molecular formula is C57H36N6. The maximum atomic E-state index is 5.18. The molecule has 0 aliphatic rings. The SMILES string of the molecule is c1ccc(-c2cc(-n3c4ccccc4c4cc(-c5ccc6c(c5)c5ccccc5n6-c5cccc(-n6c7cccnc7c7ncccc76)c5)ccc43)cc(-c3ccccc3)n2)cc1. The second-order valence-corrected chi connectivity index (χ2v) is 16.1. The van der Waals surface area contributed by atoms with Crippen molar-refractivity contribution in [3.05, 3.63) is 219 Å². The van der Waals surface area contributed by atoms with Gasteiger partial charge >= 0.3 is 0 Å². The van der Waals surface area contributed by atoms with Gasteiger partial charge in [0.05, 0.1) is 50.2 Å². The van der Waals surface area contributed by atoms with Gasteiger partial charge in [-0.15, -0.1) is 0 Å². The highest BCUT2D eigenvalue weighted by Crippen LogP contribution is 2.40. The summed E-state index contributed by atoms with van der Waals surface area (Å²) in [5.41, 5.74) is 18.1. The minimum Gasteiger partial charge on any atom is -0.309 e. The van der Waals surface area contributed by atoms with Crippen molar-refractivity contribution in [1.82, 2.24) is 28.7 Å². The zero-order valence-electron chi connectivity index (χ0n) is 34.0. The van der Waals surface area contributed by atoms with Crippen molar-refractivity contribution in [2.75, 3.05) is 0 Å². The maximum absolute atomic E-state index is 5.18. The predicted octanol–water partition coefficient (Wildman–Crippen LogP) is 14.2. The molecular weight excluding hydrogens is 769 g/mol. The van der Waals surface area contributed by atoms with Gasteiger partial charge in [-0.05, 0) is 102 Å². The van der Waals surface area contributed by atoms with Crippen molar-refractivity contribution in [3.8, 4) is 50.7 Å². The van der Waals surface area contributed by atoms with Crippen molar-refractivity contribution in [2.24, 2.45) is 0 Å². The topological polar surface area (TPSA) is 53.5 Å². The first-order valence-corrected chi connectivity index (χ1v) is 21.3. The Hall–Kier alpha value is -8.61. The molecule has 0 saturated carbocycles. The third-order valence-corrected chi connectivity index (χ3v) is 12.5. The summed E-state index contributed by atoms with van der Waals surface area (Å²) >= 11 is 0. The van der Waals surface area contributed by atoms with Crippen LogP contribution in [0.4, 0.5) is 0 Å². The highest BCUT2D eigenvalue weighted by Gasteiger charge is 2.19. The van der Waals surface area contributed by atoms with Crippen LogP contribution in [0.5, 0.6) is 0 Å². The number of hydrogen-bond donors (Lipinski definition) is 0. The average molecular weight is 805 g/mol. The predicted molar refractivity (Wildman–Crippen MR) is 259 cm³/mol. The first-order chi connectivity index (χ1) is 31.2. The fraction of sp³-hybridized carbons (Fsp3) is 0. The van der Waals surface area contributed by atoms with Crippen molar-refractivity contribution in [2.45, 2.75) is 0 Å². The highest BCUT2D eigenvalue weighted by molar-refractivity contribution is 6.13. The molecule has 0 N–H and O–H groups in total. The molecule has 0 atom stereocenters. The third kappa shape index (κ3) is 5.55. The van der Waals surface area contributed by atoms with Gasteiger partial charge in [-0.3, -0.25) is 9.97 Å². The number of pyridine rings is 3. The van der Waals surface area contributed by atoms with E-state index in [9.17, 15) is 0 Å². The van der Waals surface area contributed by atoms with E-state index in [0.717, 1.165) is 83.7 Å². The van der Waals surface area contributed by atoms with E-state index in [1.807, 2.05) is 24.5 Å². The van der Waals surface area contributed by atoms with E-state index in [2.05, 4.69) is 208 Å². The van der Waals surface area contributed by atoms with Crippen LogP contribution < -0.4 is 0 Å². The van der Waals surface area contributed by atoms with E-state index >= 15 is 0 Å². The summed E-state index contributed by atoms with van der Waals surface area (Å²) in [4.78, 5) is 14.6. The smallest absolute Gasteiger partial charge is 0.115 e. The van der Waals surface area contributed by atoms with Crippen molar-refractivity contribution < 1.29 is 0 Å². The lowest BCUT2D eigenvalue weighted by Crippen LogP contribution is -1.98. The summed E-state index contributed by atoms with van der Waals surface area (Å²) in [6, 6.07) is 73.7. The summed E-state index contributed by atoms with van der Waals surface area (Å²) in [7, 11) is 0. The lowest BCUT2D eigenvalue weighted by Gasteiger charge is -2.13. The molecule has 0 aliphatic heterocycles. The Morgan fingerprint density at radius 2 is 0.698 bits per heavy atom. The number of benzene rings is 7. The minimum atomic E-state index is 0.900. The Morgan fingerprint density at radius 1 is 0.270 bits per heavy atom. The van der Waals surface area contributed by atoms with Gasteiger partial charge in [0.25, 0.3) is 0 Å². The minimum absolute atomic E-state index is 0.900.